The third-order valence-corrected chi connectivity index (χ3v) is 3.58. The van der Waals surface area contributed by atoms with Crippen LogP contribution in [-0.4, -0.2) is 35.1 Å². The van der Waals surface area contributed by atoms with Gasteiger partial charge in [-0.05, 0) is 41.1 Å². The van der Waals surface area contributed by atoms with Crippen LogP contribution in [0.4, 0.5) is 10.5 Å². The number of carbonyl (C=O) groups is 2. The molecule has 18 heavy (non-hydrogen) atoms. The molecule has 1 unspecified atom stereocenters. The van der Waals surface area contributed by atoms with E-state index in [1.807, 2.05) is 0 Å². The standard InChI is InChI=1S/C11H12Br2N2O3/c1-6(10(16)17)15(2)11(18)14-9-4-3-7(12)5-8(9)13/h3-6H,1-2H3,(H,14,18)(H,16,17). The number of anilines is 1. The van der Waals surface area contributed by atoms with E-state index in [4.69, 9.17) is 5.11 Å². The number of urea groups is 1. The van der Waals surface area contributed by atoms with Crippen LogP contribution in [0.1, 0.15) is 6.92 Å². The molecular weight excluding hydrogens is 368 g/mol. The molecule has 0 aromatic heterocycles. The maximum atomic E-state index is 11.8. The van der Waals surface area contributed by atoms with Gasteiger partial charge in [0.05, 0.1) is 5.69 Å². The summed E-state index contributed by atoms with van der Waals surface area (Å²) in [4.78, 5) is 23.7. The summed E-state index contributed by atoms with van der Waals surface area (Å²) in [6.45, 7) is 1.44. The van der Waals surface area contributed by atoms with Crippen LogP contribution < -0.4 is 5.32 Å². The van der Waals surface area contributed by atoms with E-state index < -0.39 is 18.0 Å². The summed E-state index contributed by atoms with van der Waals surface area (Å²) in [7, 11) is 1.43. The van der Waals surface area contributed by atoms with Crippen molar-refractivity contribution in [3.05, 3.63) is 27.1 Å². The van der Waals surface area contributed by atoms with Gasteiger partial charge in [0.2, 0.25) is 0 Å². The SMILES string of the molecule is CC(C(=O)O)N(C)C(=O)Nc1ccc(Br)cc1Br. The summed E-state index contributed by atoms with van der Waals surface area (Å²) < 4.78 is 1.58. The predicted molar refractivity (Wildman–Crippen MR) is 75.7 cm³/mol. The Bertz CT molecular complexity index is 479. The summed E-state index contributed by atoms with van der Waals surface area (Å²) in [5, 5.41) is 11.5. The molecule has 0 aliphatic rings. The largest absolute Gasteiger partial charge is 0.480 e. The summed E-state index contributed by atoms with van der Waals surface area (Å²) >= 11 is 6.61. The Morgan fingerprint density at radius 1 is 1.39 bits per heavy atom. The number of hydrogen-bond donors (Lipinski definition) is 2. The van der Waals surface area contributed by atoms with Gasteiger partial charge in [-0.3, -0.25) is 0 Å². The Hall–Kier alpha value is -1.08. The monoisotopic (exact) mass is 378 g/mol. The fraction of sp³-hybridized carbons (Fsp3) is 0.273. The Morgan fingerprint density at radius 3 is 2.50 bits per heavy atom. The minimum Gasteiger partial charge on any atom is -0.480 e. The Balaban J connectivity index is 2.78. The molecule has 0 aliphatic heterocycles. The van der Waals surface area contributed by atoms with Crippen LogP contribution in [0.2, 0.25) is 0 Å². The lowest BCUT2D eigenvalue weighted by Crippen LogP contribution is -2.42. The number of carboxylic acid groups (broad SMARTS) is 1. The van der Waals surface area contributed by atoms with Crippen molar-refractivity contribution in [3.8, 4) is 0 Å². The highest BCUT2D eigenvalue weighted by molar-refractivity contribution is 9.11. The molecule has 2 N–H and O–H groups in total. The normalized spacial score (nSPS) is 11.8. The van der Waals surface area contributed by atoms with Gasteiger partial charge in [-0.25, -0.2) is 9.59 Å². The topological polar surface area (TPSA) is 69.6 Å². The zero-order valence-electron chi connectivity index (χ0n) is 9.78. The van der Waals surface area contributed by atoms with Gasteiger partial charge in [-0.1, -0.05) is 15.9 Å². The number of aliphatic carboxylic acids is 1. The van der Waals surface area contributed by atoms with Crippen LogP contribution in [0.3, 0.4) is 0 Å². The molecule has 98 valence electrons. The first kappa shape index (κ1) is 15.0. The van der Waals surface area contributed by atoms with Gasteiger partial charge in [0.15, 0.2) is 0 Å². The first-order chi connectivity index (χ1) is 8.32. The number of halogens is 2. The lowest BCUT2D eigenvalue weighted by atomic mass is 10.3. The van der Waals surface area contributed by atoms with E-state index in [1.165, 1.54) is 14.0 Å². The van der Waals surface area contributed by atoms with Gasteiger partial charge in [0.1, 0.15) is 6.04 Å². The Morgan fingerprint density at radius 2 is 2.00 bits per heavy atom. The highest BCUT2D eigenvalue weighted by atomic mass is 79.9. The number of likely N-dealkylation sites (N-methyl/N-ethyl adjacent to an activating group) is 1. The molecule has 5 nitrogen and oxygen atoms in total. The molecule has 0 radical (unpaired) electrons. The lowest BCUT2D eigenvalue weighted by Gasteiger charge is -2.22. The van der Waals surface area contributed by atoms with Crippen molar-refractivity contribution >= 4 is 49.5 Å². The predicted octanol–water partition coefficient (Wildman–Crippen LogP) is 3.15. The van der Waals surface area contributed by atoms with Crippen LogP contribution in [0.5, 0.6) is 0 Å². The number of carbonyl (C=O) groups excluding carboxylic acids is 1. The quantitative estimate of drug-likeness (QED) is 0.847. The fourth-order valence-corrected chi connectivity index (χ4v) is 2.28. The number of hydrogen-bond acceptors (Lipinski definition) is 2. The van der Waals surface area contributed by atoms with Gasteiger partial charge in [0, 0.05) is 16.0 Å². The smallest absolute Gasteiger partial charge is 0.326 e. The maximum absolute atomic E-state index is 11.8. The minimum atomic E-state index is -1.05. The average molecular weight is 380 g/mol. The summed E-state index contributed by atoms with van der Waals surface area (Å²) in [5.41, 5.74) is 0.577. The lowest BCUT2D eigenvalue weighted by molar-refractivity contribution is -0.141. The van der Waals surface area contributed by atoms with E-state index in [1.54, 1.807) is 18.2 Å². The Labute approximate surface area is 121 Å². The highest BCUT2D eigenvalue weighted by Crippen LogP contribution is 2.26. The molecule has 0 fully saturated rings. The molecule has 0 saturated carbocycles. The van der Waals surface area contributed by atoms with Gasteiger partial charge in [0.25, 0.3) is 0 Å². The van der Waals surface area contributed by atoms with Gasteiger partial charge < -0.3 is 15.3 Å². The molecule has 7 heteroatoms. The average Bonchev–Trinajstić information content (AvgIpc) is 2.30. The molecule has 1 rings (SSSR count). The second kappa shape index (κ2) is 6.19. The Kier molecular flexibility index (Phi) is 5.15. The van der Waals surface area contributed by atoms with Crippen molar-refractivity contribution in [1.29, 1.82) is 0 Å². The van der Waals surface area contributed by atoms with E-state index in [2.05, 4.69) is 37.2 Å². The molecule has 0 spiro atoms. The van der Waals surface area contributed by atoms with Crippen molar-refractivity contribution in [2.24, 2.45) is 0 Å². The third-order valence-electron chi connectivity index (χ3n) is 2.43. The molecule has 1 aromatic rings. The van der Waals surface area contributed by atoms with Gasteiger partial charge in [-0.2, -0.15) is 0 Å². The van der Waals surface area contributed by atoms with E-state index >= 15 is 0 Å². The molecular formula is C11H12Br2N2O3. The molecule has 2 amide bonds. The van der Waals surface area contributed by atoms with Crippen LogP contribution in [0.15, 0.2) is 27.1 Å². The minimum absolute atomic E-state index is 0.479. The number of benzene rings is 1. The second-order valence-corrected chi connectivity index (χ2v) is 5.45. The number of nitrogens with one attached hydrogen (secondary N) is 1. The van der Waals surface area contributed by atoms with Crippen molar-refractivity contribution in [2.45, 2.75) is 13.0 Å². The zero-order chi connectivity index (χ0) is 13.9. The van der Waals surface area contributed by atoms with Crippen LogP contribution in [0, 0.1) is 0 Å². The first-order valence-electron chi connectivity index (χ1n) is 5.04. The molecule has 0 heterocycles. The summed E-state index contributed by atoms with van der Waals surface area (Å²) in [5.74, 6) is -1.05. The number of nitrogens with zero attached hydrogens (tertiary/aromatic N) is 1. The molecule has 0 saturated heterocycles. The van der Waals surface area contributed by atoms with Crippen LogP contribution in [-0.2, 0) is 4.79 Å². The second-order valence-electron chi connectivity index (χ2n) is 3.68. The molecule has 0 bridgehead atoms. The summed E-state index contributed by atoms with van der Waals surface area (Å²) in [6, 6.07) is 3.91. The van der Waals surface area contributed by atoms with E-state index in [0.717, 1.165) is 9.37 Å². The van der Waals surface area contributed by atoms with Gasteiger partial charge >= 0.3 is 12.0 Å². The van der Waals surface area contributed by atoms with Crippen molar-refractivity contribution in [3.63, 3.8) is 0 Å². The van der Waals surface area contributed by atoms with Crippen molar-refractivity contribution in [1.82, 2.24) is 4.90 Å². The number of rotatable bonds is 3. The van der Waals surface area contributed by atoms with Crippen LogP contribution in [0.25, 0.3) is 0 Å². The maximum Gasteiger partial charge on any atom is 0.326 e. The van der Waals surface area contributed by atoms with E-state index in [9.17, 15) is 9.59 Å². The van der Waals surface area contributed by atoms with Gasteiger partial charge in [-0.15, -0.1) is 0 Å². The van der Waals surface area contributed by atoms with Crippen LogP contribution >= 0.6 is 31.9 Å². The third kappa shape index (κ3) is 3.71. The fourth-order valence-electron chi connectivity index (χ4n) is 1.14. The number of carboxylic acids is 1. The zero-order valence-corrected chi connectivity index (χ0v) is 12.9. The molecule has 0 aliphatic carbocycles. The summed E-state index contributed by atoms with van der Waals surface area (Å²) in [6.07, 6.45) is 0. The molecule has 1 aromatic carbocycles. The van der Waals surface area contributed by atoms with Crippen molar-refractivity contribution in [2.75, 3.05) is 12.4 Å². The highest BCUT2D eigenvalue weighted by Gasteiger charge is 2.21. The van der Waals surface area contributed by atoms with E-state index in [-0.39, 0.29) is 0 Å². The van der Waals surface area contributed by atoms with E-state index in [0.29, 0.717) is 10.2 Å². The number of amides is 2. The first-order valence-corrected chi connectivity index (χ1v) is 6.63. The van der Waals surface area contributed by atoms with Crippen molar-refractivity contribution < 1.29 is 14.7 Å². The molecule has 1 atom stereocenters.